The quantitative estimate of drug-likeness (QED) is 0.278. The van der Waals surface area contributed by atoms with Gasteiger partial charge in [0.2, 0.25) is 0 Å². The summed E-state index contributed by atoms with van der Waals surface area (Å²) in [5.74, 6) is 1.48. The minimum absolute atomic E-state index is 0.716. The van der Waals surface area contributed by atoms with Gasteiger partial charge in [-0.15, -0.1) is 0 Å². The molecule has 28 heavy (non-hydrogen) atoms. The monoisotopic (exact) mass is 362 g/mol. The van der Waals surface area contributed by atoms with E-state index in [0.717, 1.165) is 11.6 Å². The molecule has 5 aromatic rings. The first-order chi connectivity index (χ1) is 13.7. The third kappa shape index (κ3) is 1.64. The zero-order valence-corrected chi connectivity index (χ0v) is 16.3. The summed E-state index contributed by atoms with van der Waals surface area (Å²) in [5.41, 5.74) is 11.0. The highest BCUT2D eigenvalue weighted by atomic mass is 15.0. The molecule has 1 saturated carbocycles. The van der Waals surface area contributed by atoms with Crippen LogP contribution >= 0.6 is 0 Å². The van der Waals surface area contributed by atoms with Crippen molar-refractivity contribution in [3.05, 3.63) is 70.8 Å². The van der Waals surface area contributed by atoms with Crippen LogP contribution in [0.25, 0.3) is 38.4 Å². The number of pyridine rings is 1. The second-order valence-corrected chi connectivity index (χ2v) is 8.88. The van der Waals surface area contributed by atoms with E-state index in [1.165, 1.54) is 63.1 Å². The zero-order valence-electron chi connectivity index (χ0n) is 16.3. The van der Waals surface area contributed by atoms with Crippen molar-refractivity contribution in [2.45, 2.75) is 44.9 Å². The van der Waals surface area contributed by atoms with E-state index in [4.69, 9.17) is 4.98 Å². The van der Waals surface area contributed by atoms with Gasteiger partial charge in [0.15, 0.2) is 0 Å². The summed E-state index contributed by atoms with van der Waals surface area (Å²) < 4.78 is 2.50. The first-order valence-electron chi connectivity index (χ1n) is 10.5. The van der Waals surface area contributed by atoms with E-state index >= 15 is 0 Å². The van der Waals surface area contributed by atoms with Gasteiger partial charge in [0.25, 0.3) is 0 Å². The highest BCUT2D eigenvalue weighted by Gasteiger charge is 2.40. The smallest absolute Gasteiger partial charge is 0.146 e. The maximum absolute atomic E-state index is 5.22. The lowest BCUT2D eigenvalue weighted by atomic mass is 9.87. The Hall–Kier alpha value is -2.87. The molecule has 0 amide bonds. The molecule has 2 aromatic heterocycles. The van der Waals surface area contributed by atoms with E-state index in [0.29, 0.717) is 5.92 Å². The zero-order chi connectivity index (χ0) is 18.6. The number of rotatable bonds is 0. The van der Waals surface area contributed by atoms with Gasteiger partial charge in [-0.1, -0.05) is 42.5 Å². The molecule has 0 aliphatic heterocycles. The molecule has 2 atom stereocenters. The summed E-state index contributed by atoms with van der Waals surface area (Å²) in [4.78, 5) is 5.22. The van der Waals surface area contributed by atoms with Crippen molar-refractivity contribution in [1.82, 2.24) is 9.38 Å². The number of aromatic nitrogens is 2. The molecule has 0 radical (unpaired) electrons. The van der Waals surface area contributed by atoms with Gasteiger partial charge < -0.3 is 0 Å². The van der Waals surface area contributed by atoms with Gasteiger partial charge in [0, 0.05) is 10.8 Å². The number of para-hydroxylation sites is 1. The van der Waals surface area contributed by atoms with Crippen LogP contribution in [0.3, 0.4) is 0 Å². The van der Waals surface area contributed by atoms with Crippen molar-refractivity contribution in [3.8, 4) is 0 Å². The highest BCUT2D eigenvalue weighted by Crippen LogP contribution is 2.56. The topological polar surface area (TPSA) is 17.3 Å². The number of nitrogens with zero attached hydrogens (tertiary/aromatic N) is 2. The van der Waals surface area contributed by atoms with Crippen LogP contribution in [0.15, 0.2) is 48.5 Å². The van der Waals surface area contributed by atoms with Crippen molar-refractivity contribution < 1.29 is 0 Å². The van der Waals surface area contributed by atoms with Gasteiger partial charge in [-0.25, -0.2) is 4.98 Å². The van der Waals surface area contributed by atoms with Crippen LogP contribution in [0.1, 0.15) is 53.4 Å². The van der Waals surface area contributed by atoms with Crippen LogP contribution in [-0.2, 0) is 0 Å². The Labute approximate surface area is 163 Å². The third-order valence-corrected chi connectivity index (χ3v) is 7.40. The van der Waals surface area contributed by atoms with Gasteiger partial charge in [-0.05, 0) is 78.7 Å². The Kier molecular flexibility index (Phi) is 2.66. The second kappa shape index (κ2) is 4.94. The molecule has 2 heteroatoms. The van der Waals surface area contributed by atoms with E-state index in [-0.39, 0.29) is 0 Å². The molecule has 2 heterocycles. The molecule has 2 unspecified atom stereocenters. The first kappa shape index (κ1) is 15.1. The number of aryl methyl sites for hydroxylation is 2. The van der Waals surface area contributed by atoms with Crippen LogP contribution in [0, 0.1) is 13.8 Å². The van der Waals surface area contributed by atoms with Gasteiger partial charge in [0.05, 0.1) is 16.6 Å². The molecule has 2 bridgehead atoms. The largest absolute Gasteiger partial charge is 0.291 e. The first-order valence-corrected chi connectivity index (χ1v) is 10.5. The Bertz CT molecular complexity index is 1470. The van der Waals surface area contributed by atoms with Crippen LogP contribution in [-0.4, -0.2) is 9.38 Å². The van der Waals surface area contributed by atoms with Crippen molar-refractivity contribution in [2.24, 2.45) is 0 Å². The van der Waals surface area contributed by atoms with Crippen molar-refractivity contribution >= 4 is 38.4 Å². The normalized spacial score (nSPS) is 20.8. The Morgan fingerprint density at radius 2 is 1.54 bits per heavy atom. The number of hydrogen-bond donors (Lipinski definition) is 0. The molecule has 7 rings (SSSR count). The van der Waals surface area contributed by atoms with Crippen LogP contribution in [0.4, 0.5) is 0 Å². The maximum Gasteiger partial charge on any atom is 0.146 e. The van der Waals surface area contributed by atoms with Gasteiger partial charge in [-0.2, -0.15) is 0 Å². The fraction of sp³-hybridized carbons (Fsp3) is 0.269. The second-order valence-electron chi connectivity index (χ2n) is 8.88. The van der Waals surface area contributed by atoms with Crippen LogP contribution in [0.2, 0.25) is 0 Å². The SMILES string of the molecule is Cc1cc2nc3c4ccccc4c4cccc(C)c4n3c2c2c1C1CCC2C1. The lowest BCUT2D eigenvalue weighted by Crippen LogP contribution is -2.03. The lowest BCUT2D eigenvalue weighted by Gasteiger charge is -2.19. The average Bonchev–Trinajstić information content (AvgIpc) is 3.41. The van der Waals surface area contributed by atoms with Crippen molar-refractivity contribution in [3.63, 3.8) is 0 Å². The fourth-order valence-corrected chi connectivity index (χ4v) is 6.36. The Balaban J connectivity index is 1.84. The standard InChI is InChI=1S/C26H22N2/c1-14-6-5-9-19-18-7-3-4-8-20(18)26-27-21-12-15(2)22-16-10-11-17(13-16)23(22)25(21)28(26)24(14)19/h3-9,12,16-17H,10-11,13H2,1-2H3. The van der Waals surface area contributed by atoms with Gasteiger partial charge >= 0.3 is 0 Å². The summed E-state index contributed by atoms with van der Waals surface area (Å²) >= 11 is 0. The molecule has 3 aromatic carbocycles. The summed E-state index contributed by atoms with van der Waals surface area (Å²) in [7, 11) is 0. The molecular formula is C26H22N2. The highest BCUT2D eigenvalue weighted by molar-refractivity contribution is 6.14. The third-order valence-electron chi connectivity index (χ3n) is 7.40. The molecule has 2 aliphatic rings. The molecule has 136 valence electrons. The van der Waals surface area contributed by atoms with Gasteiger partial charge in [0.1, 0.15) is 5.65 Å². The average molecular weight is 362 g/mol. The van der Waals surface area contributed by atoms with Crippen molar-refractivity contribution in [1.29, 1.82) is 0 Å². The number of hydrogen-bond acceptors (Lipinski definition) is 1. The van der Waals surface area contributed by atoms with Crippen molar-refractivity contribution in [2.75, 3.05) is 0 Å². The van der Waals surface area contributed by atoms with E-state index in [9.17, 15) is 0 Å². The maximum atomic E-state index is 5.22. The fourth-order valence-electron chi connectivity index (χ4n) is 6.36. The predicted octanol–water partition coefficient (Wildman–Crippen LogP) is 6.78. The Morgan fingerprint density at radius 3 is 2.39 bits per heavy atom. The van der Waals surface area contributed by atoms with Crippen LogP contribution in [0.5, 0.6) is 0 Å². The molecule has 1 fully saturated rings. The lowest BCUT2D eigenvalue weighted by molar-refractivity contribution is 0.716. The summed E-state index contributed by atoms with van der Waals surface area (Å²) in [6.45, 7) is 4.54. The molecule has 0 saturated heterocycles. The number of benzene rings is 3. The van der Waals surface area contributed by atoms with E-state index in [1.807, 2.05) is 0 Å². The van der Waals surface area contributed by atoms with Gasteiger partial charge in [-0.3, -0.25) is 4.40 Å². The molecule has 2 aliphatic carbocycles. The predicted molar refractivity (Wildman–Crippen MR) is 117 cm³/mol. The minimum atomic E-state index is 0.716. The molecule has 0 N–H and O–H groups in total. The summed E-state index contributed by atoms with van der Waals surface area (Å²) in [6, 6.07) is 17.8. The molecule has 0 spiro atoms. The minimum Gasteiger partial charge on any atom is -0.291 e. The molecule has 2 nitrogen and oxygen atoms in total. The number of fused-ring (bicyclic) bond motifs is 14. The summed E-state index contributed by atoms with van der Waals surface area (Å²) in [6.07, 6.45) is 4.05. The van der Waals surface area contributed by atoms with E-state index in [2.05, 4.69) is 66.8 Å². The van der Waals surface area contributed by atoms with E-state index < -0.39 is 0 Å². The van der Waals surface area contributed by atoms with Crippen LogP contribution < -0.4 is 0 Å². The molecular weight excluding hydrogens is 340 g/mol. The van der Waals surface area contributed by atoms with E-state index in [1.54, 1.807) is 11.1 Å². The Morgan fingerprint density at radius 1 is 0.786 bits per heavy atom. The number of imidazole rings is 1. The summed E-state index contributed by atoms with van der Waals surface area (Å²) in [5, 5.41) is 3.89.